The number of ether oxygens (including phenoxy) is 2. The van der Waals surface area contributed by atoms with E-state index in [0.717, 1.165) is 17.7 Å². The molecule has 0 unspecified atom stereocenters. The van der Waals surface area contributed by atoms with Gasteiger partial charge < -0.3 is 14.8 Å². The van der Waals surface area contributed by atoms with Gasteiger partial charge in [-0.3, -0.25) is 9.59 Å². The van der Waals surface area contributed by atoms with Gasteiger partial charge in [-0.2, -0.15) is 0 Å². The summed E-state index contributed by atoms with van der Waals surface area (Å²) in [5.41, 5.74) is 3.32. The average molecular weight is 442 g/mol. The molecule has 0 spiro atoms. The van der Waals surface area contributed by atoms with Crippen LogP contribution in [0.1, 0.15) is 42.8 Å². The molecule has 1 N–H and O–H groups in total. The van der Waals surface area contributed by atoms with Crippen LogP contribution in [-0.4, -0.2) is 35.2 Å². The van der Waals surface area contributed by atoms with Crippen molar-refractivity contribution in [1.29, 1.82) is 0 Å². The molecule has 7 nitrogen and oxygen atoms in total. The van der Waals surface area contributed by atoms with Gasteiger partial charge >= 0.3 is 0 Å². The first-order valence-electron chi connectivity index (χ1n) is 10.1. The zero-order valence-electron chi connectivity index (χ0n) is 18.2. The fourth-order valence-corrected chi connectivity index (χ4v) is 4.28. The minimum atomic E-state index is -0.328. The van der Waals surface area contributed by atoms with Crippen molar-refractivity contribution in [3.63, 3.8) is 0 Å². The summed E-state index contributed by atoms with van der Waals surface area (Å²) in [5, 5.41) is 8.29. The van der Waals surface area contributed by atoms with Gasteiger partial charge in [0.2, 0.25) is 11.8 Å². The van der Waals surface area contributed by atoms with Gasteiger partial charge in [0.25, 0.3) is 0 Å². The second-order valence-corrected chi connectivity index (χ2v) is 8.26. The zero-order chi connectivity index (χ0) is 22.4. The van der Waals surface area contributed by atoms with Crippen molar-refractivity contribution in [2.24, 2.45) is 5.10 Å². The molecule has 8 heteroatoms. The van der Waals surface area contributed by atoms with E-state index in [0.29, 0.717) is 24.1 Å². The van der Waals surface area contributed by atoms with Gasteiger partial charge in [0.15, 0.2) is 5.17 Å². The van der Waals surface area contributed by atoms with Crippen molar-refractivity contribution in [2.75, 3.05) is 13.2 Å². The lowest BCUT2D eigenvalue weighted by atomic mass is 10.1. The van der Waals surface area contributed by atoms with Gasteiger partial charge in [-0.15, -0.1) is 5.10 Å². The summed E-state index contributed by atoms with van der Waals surface area (Å²) in [4.78, 5) is 23.2. The maximum absolute atomic E-state index is 11.9. The van der Waals surface area contributed by atoms with Gasteiger partial charge in [-0.05, 0) is 54.3 Å². The third-order valence-corrected chi connectivity index (χ3v) is 5.66. The van der Waals surface area contributed by atoms with Crippen LogP contribution in [0.25, 0.3) is 0 Å². The summed E-state index contributed by atoms with van der Waals surface area (Å²) in [6.07, 6.45) is 0.971. The molecule has 3 rings (SSSR count). The van der Waals surface area contributed by atoms with Gasteiger partial charge in [-0.25, -0.2) is 5.01 Å². The number of carbonyl (C=O) groups is 2. The zero-order valence-corrected chi connectivity index (χ0v) is 19.0. The molecule has 2 amide bonds. The van der Waals surface area contributed by atoms with Gasteiger partial charge in [-0.1, -0.05) is 36.9 Å². The SMILES string of the molecule is CCc1cc(C)cc(OCCOc2ccc([C@H]3SC(NC(C)=O)=NN3C(C)=O)cc2)c1. The van der Waals surface area contributed by atoms with Crippen LogP contribution in [0, 0.1) is 6.92 Å². The largest absolute Gasteiger partial charge is 0.490 e. The van der Waals surface area contributed by atoms with Crippen molar-refractivity contribution in [1.82, 2.24) is 10.3 Å². The summed E-state index contributed by atoms with van der Waals surface area (Å²) < 4.78 is 11.6. The monoisotopic (exact) mass is 441 g/mol. The molecule has 164 valence electrons. The normalized spacial score (nSPS) is 15.4. The Hall–Kier alpha value is -3.00. The van der Waals surface area contributed by atoms with Crippen molar-refractivity contribution < 1.29 is 19.1 Å². The number of benzene rings is 2. The number of amidine groups is 1. The molecule has 0 fully saturated rings. The number of hydrogen-bond acceptors (Lipinski definition) is 6. The van der Waals surface area contributed by atoms with Gasteiger partial charge in [0, 0.05) is 13.8 Å². The molecule has 0 saturated heterocycles. The highest BCUT2D eigenvalue weighted by Gasteiger charge is 2.32. The summed E-state index contributed by atoms with van der Waals surface area (Å²) in [7, 11) is 0. The lowest BCUT2D eigenvalue weighted by Crippen LogP contribution is -2.25. The van der Waals surface area contributed by atoms with Crippen LogP contribution in [0.3, 0.4) is 0 Å². The molecule has 2 aromatic rings. The fraction of sp³-hybridized carbons (Fsp3) is 0.348. The van der Waals surface area contributed by atoms with E-state index < -0.39 is 0 Å². The Balaban J connectivity index is 1.54. The predicted molar refractivity (Wildman–Crippen MR) is 122 cm³/mol. The molecule has 1 aliphatic rings. The number of thioether (sulfide) groups is 1. The third-order valence-electron chi connectivity index (χ3n) is 4.55. The molecular weight excluding hydrogens is 414 g/mol. The highest BCUT2D eigenvalue weighted by atomic mass is 32.2. The predicted octanol–water partition coefficient (Wildman–Crippen LogP) is 4.02. The topological polar surface area (TPSA) is 80.2 Å². The number of carbonyl (C=O) groups excluding carboxylic acids is 2. The summed E-state index contributed by atoms with van der Waals surface area (Å²) in [6.45, 7) is 7.90. The van der Waals surface area contributed by atoms with E-state index in [9.17, 15) is 9.59 Å². The van der Waals surface area contributed by atoms with E-state index in [1.807, 2.05) is 30.3 Å². The Labute approximate surface area is 186 Å². The number of amides is 2. The lowest BCUT2D eigenvalue weighted by Gasteiger charge is -2.19. The number of rotatable bonds is 7. The second-order valence-electron chi connectivity index (χ2n) is 7.19. The minimum absolute atomic E-state index is 0.197. The number of hydrogen-bond donors (Lipinski definition) is 1. The van der Waals surface area contributed by atoms with Gasteiger partial charge in [0.05, 0.1) is 0 Å². The molecule has 2 aromatic carbocycles. The maximum Gasteiger partial charge on any atom is 0.241 e. The van der Waals surface area contributed by atoms with Crippen molar-refractivity contribution in [3.05, 3.63) is 59.2 Å². The third kappa shape index (κ3) is 6.24. The van der Waals surface area contributed by atoms with Crippen molar-refractivity contribution >= 4 is 28.7 Å². The van der Waals surface area contributed by atoms with E-state index in [1.54, 1.807) is 0 Å². The second kappa shape index (κ2) is 10.3. The molecule has 1 aliphatic heterocycles. The first kappa shape index (κ1) is 22.7. The summed E-state index contributed by atoms with van der Waals surface area (Å²) >= 11 is 1.32. The fourth-order valence-electron chi connectivity index (χ4n) is 3.14. The molecule has 0 aliphatic carbocycles. The highest BCUT2D eigenvalue weighted by molar-refractivity contribution is 8.14. The molecule has 0 radical (unpaired) electrons. The standard InChI is InChI=1S/C23H27N3O4S/c1-5-18-12-15(2)13-21(14-18)30-11-10-29-20-8-6-19(7-9-20)22-26(17(4)28)25-23(31-22)24-16(3)27/h6-9,12-14,22H,5,10-11H2,1-4H3,(H,24,25,27)/t22-/m1/s1. The molecule has 31 heavy (non-hydrogen) atoms. The van der Waals surface area contributed by atoms with E-state index in [-0.39, 0.29) is 17.2 Å². The Kier molecular flexibility index (Phi) is 7.57. The lowest BCUT2D eigenvalue weighted by molar-refractivity contribution is -0.129. The number of aryl methyl sites for hydroxylation is 2. The van der Waals surface area contributed by atoms with E-state index >= 15 is 0 Å². The molecule has 0 bridgehead atoms. The minimum Gasteiger partial charge on any atom is -0.490 e. The average Bonchev–Trinajstić information content (AvgIpc) is 3.14. The molecular formula is C23H27N3O4S. The van der Waals surface area contributed by atoms with Crippen molar-refractivity contribution in [2.45, 2.75) is 39.5 Å². The van der Waals surface area contributed by atoms with E-state index in [2.05, 4.69) is 36.4 Å². The highest BCUT2D eigenvalue weighted by Crippen LogP contribution is 2.39. The Bertz CT molecular complexity index is 975. The number of hydrazone groups is 1. The summed E-state index contributed by atoms with van der Waals surface area (Å²) in [6, 6.07) is 13.7. The number of nitrogens with zero attached hydrogens (tertiary/aromatic N) is 2. The Morgan fingerprint density at radius 2 is 1.74 bits per heavy atom. The molecule has 0 aromatic heterocycles. The number of nitrogens with one attached hydrogen (secondary N) is 1. The van der Waals surface area contributed by atoms with Crippen LogP contribution < -0.4 is 14.8 Å². The van der Waals surface area contributed by atoms with Crippen LogP contribution in [-0.2, 0) is 16.0 Å². The van der Waals surface area contributed by atoms with Crippen LogP contribution in [0.15, 0.2) is 47.6 Å². The van der Waals surface area contributed by atoms with Crippen LogP contribution >= 0.6 is 11.8 Å². The van der Waals surface area contributed by atoms with Crippen LogP contribution in [0.4, 0.5) is 0 Å². The Morgan fingerprint density at radius 1 is 1.06 bits per heavy atom. The first-order chi connectivity index (χ1) is 14.9. The van der Waals surface area contributed by atoms with Crippen LogP contribution in [0.2, 0.25) is 0 Å². The summed E-state index contributed by atoms with van der Waals surface area (Å²) in [5.74, 6) is 1.15. The van der Waals surface area contributed by atoms with E-state index in [1.165, 1.54) is 41.7 Å². The van der Waals surface area contributed by atoms with Crippen molar-refractivity contribution in [3.8, 4) is 11.5 Å². The van der Waals surface area contributed by atoms with Crippen LogP contribution in [0.5, 0.6) is 11.5 Å². The molecule has 1 atom stereocenters. The van der Waals surface area contributed by atoms with E-state index in [4.69, 9.17) is 9.47 Å². The maximum atomic E-state index is 11.9. The first-order valence-corrected chi connectivity index (χ1v) is 11.0. The molecule has 1 heterocycles. The smallest absolute Gasteiger partial charge is 0.241 e. The Morgan fingerprint density at radius 3 is 2.35 bits per heavy atom. The van der Waals surface area contributed by atoms with Gasteiger partial charge in [0.1, 0.15) is 30.1 Å². The molecule has 0 saturated carbocycles. The quantitative estimate of drug-likeness (QED) is 0.657.